The second-order valence-corrected chi connectivity index (χ2v) is 4.84. The summed E-state index contributed by atoms with van der Waals surface area (Å²) in [6.07, 6.45) is 2.67. The number of aliphatic carboxylic acids is 1. The fraction of sp³-hybridized carbons (Fsp3) is 0.118. The molecule has 0 aliphatic heterocycles. The molecule has 108 valence electrons. The number of nitrogen functional groups attached to an aromatic ring is 2. The smallest absolute Gasteiger partial charge is 0.331 e. The van der Waals surface area contributed by atoms with Gasteiger partial charge in [-0.05, 0) is 42.2 Å². The van der Waals surface area contributed by atoms with Gasteiger partial charge in [-0.3, -0.25) is 0 Å². The Kier molecular flexibility index (Phi) is 4.61. The van der Waals surface area contributed by atoms with Crippen molar-refractivity contribution in [2.24, 2.45) is 0 Å². The van der Waals surface area contributed by atoms with Crippen LogP contribution in [0.15, 0.2) is 54.1 Å². The molecular weight excluding hydrogens is 264 g/mol. The van der Waals surface area contributed by atoms with Gasteiger partial charge in [0.25, 0.3) is 0 Å². The van der Waals surface area contributed by atoms with E-state index in [0.717, 1.165) is 11.1 Å². The number of nitrogens with two attached hydrogens (primary N) is 2. The molecule has 0 atom stereocenters. The van der Waals surface area contributed by atoms with Crippen molar-refractivity contribution >= 4 is 23.4 Å². The number of carboxylic acids is 1. The lowest BCUT2D eigenvalue weighted by Gasteiger charge is -2.07. The molecule has 0 saturated carbocycles. The maximum absolute atomic E-state index is 11.3. The quantitative estimate of drug-likeness (QED) is 0.581. The molecule has 4 heteroatoms. The second kappa shape index (κ2) is 6.61. The number of benzene rings is 2. The van der Waals surface area contributed by atoms with Crippen LogP contribution in [-0.2, 0) is 11.2 Å². The van der Waals surface area contributed by atoms with E-state index < -0.39 is 5.97 Å². The van der Waals surface area contributed by atoms with Gasteiger partial charge in [-0.1, -0.05) is 36.4 Å². The first-order valence-corrected chi connectivity index (χ1v) is 6.69. The average molecular weight is 282 g/mol. The minimum absolute atomic E-state index is 0.359. The minimum Gasteiger partial charge on any atom is -0.478 e. The molecule has 4 nitrogen and oxygen atoms in total. The summed E-state index contributed by atoms with van der Waals surface area (Å²) in [7, 11) is 0. The molecule has 0 aliphatic carbocycles. The average Bonchev–Trinajstić information content (AvgIpc) is 2.46. The molecule has 2 aromatic rings. The maximum Gasteiger partial charge on any atom is 0.331 e. The Morgan fingerprint density at radius 2 is 1.81 bits per heavy atom. The van der Waals surface area contributed by atoms with E-state index >= 15 is 0 Å². The Morgan fingerprint density at radius 1 is 1.10 bits per heavy atom. The first-order valence-electron chi connectivity index (χ1n) is 6.69. The number of hydrogen-bond acceptors (Lipinski definition) is 3. The molecule has 0 amide bonds. The van der Waals surface area contributed by atoms with Gasteiger partial charge in [-0.25, -0.2) is 4.79 Å². The number of rotatable bonds is 5. The van der Waals surface area contributed by atoms with Gasteiger partial charge in [0.2, 0.25) is 0 Å². The van der Waals surface area contributed by atoms with Crippen molar-refractivity contribution in [2.75, 3.05) is 11.5 Å². The van der Waals surface area contributed by atoms with Crippen molar-refractivity contribution in [3.63, 3.8) is 0 Å². The highest BCUT2D eigenvalue weighted by atomic mass is 16.4. The Morgan fingerprint density at radius 3 is 2.43 bits per heavy atom. The van der Waals surface area contributed by atoms with Crippen LogP contribution in [0.1, 0.15) is 17.5 Å². The standard InChI is InChI=1S/C17H18N2O2/c18-15-9-8-13(16(19)11-15)6-7-14(17(20)21)10-12-4-2-1-3-5-12/h1-5,8-11H,6-7,18-19H2,(H,20,21). The van der Waals surface area contributed by atoms with Crippen LogP contribution in [0.2, 0.25) is 0 Å². The number of carbonyl (C=O) groups is 1. The van der Waals surface area contributed by atoms with Crippen molar-refractivity contribution < 1.29 is 9.90 Å². The zero-order valence-corrected chi connectivity index (χ0v) is 11.6. The molecule has 0 aliphatic rings. The zero-order chi connectivity index (χ0) is 15.2. The molecule has 0 fully saturated rings. The summed E-state index contributed by atoms with van der Waals surface area (Å²) in [5, 5.41) is 9.31. The predicted molar refractivity (Wildman–Crippen MR) is 85.6 cm³/mol. The molecular formula is C17H18N2O2. The zero-order valence-electron chi connectivity index (χ0n) is 11.6. The van der Waals surface area contributed by atoms with Crippen LogP contribution >= 0.6 is 0 Å². The van der Waals surface area contributed by atoms with Crippen LogP contribution in [0.25, 0.3) is 6.08 Å². The molecule has 0 spiro atoms. The van der Waals surface area contributed by atoms with Gasteiger partial charge >= 0.3 is 5.97 Å². The normalized spacial score (nSPS) is 11.3. The summed E-state index contributed by atoms with van der Waals surface area (Å²) in [6.45, 7) is 0. The van der Waals surface area contributed by atoms with Gasteiger partial charge in [-0.2, -0.15) is 0 Å². The van der Waals surface area contributed by atoms with Gasteiger partial charge in [-0.15, -0.1) is 0 Å². The molecule has 0 bridgehead atoms. The Labute approximate surface area is 123 Å². The van der Waals surface area contributed by atoms with Crippen LogP contribution in [0.5, 0.6) is 0 Å². The largest absolute Gasteiger partial charge is 0.478 e. The Hall–Kier alpha value is -2.75. The third-order valence-electron chi connectivity index (χ3n) is 3.25. The molecule has 0 aromatic heterocycles. The van der Waals surface area contributed by atoms with Gasteiger partial charge in [0, 0.05) is 16.9 Å². The predicted octanol–water partition coefficient (Wildman–Crippen LogP) is 2.95. The van der Waals surface area contributed by atoms with Crippen molar-refractivity contribution in [1.82, 2.24) is 0 Å². The monoisotopic (exact) mass is 282 g/mol. The number of hydrogen-bond donors (Lipinski definition) is 3. The van der Waals surface area contributed by atoms with Crippen LogP contribution in [0.4, 0.5) is 11.4 Å². The minimum atomic E-state index is -0.909. The van der Waals surface area contributed by atoms with Crippen LogP contribution < -0.4 is 11.5 Å². The molecule has 0 unspecified atom stereocenters. The number of aryl methyl sites for hydroxylation is 1. The summed E-state index contributed by atoms with van der Waals surface area (Å²) in [4.78, 5) is 11.3. The fourth-order valence-electron chi connectivity index (χ4n) is 2.10. The highest BCUT2D eigenvalue weighted by Crippen LogP contribution is 2.20. The van der Waals surface area contributed by atoms with Crippen LogP contribution in [-0.4, -0.2) is 11.1 Å². The molecule has 0 heterocycles. The Balaban J connectivity index is 2.14. The summed E-state index contributed by atoms with van der Waals surface area (Å²) in [5.74, 6) is -0.909. The van der Waals surface area contributed by atoms with E-state index in [1.165, 1.54) is 0 Å². The fourth-order valence-corrected chi connectivity index (χ4v) is 2.10. The van der Waals surface area contributed by atoms with Gasteiger partial charge < -0.3 is 16.6 Å². The topological polar surface area (TPSA) is 89.3 Å². The summed E-state index contributed by atoms with van der Waals surface area (Å²) in [6, 6.07) is 14.7. The lowest BCUT2D eigenvalue weighted by atomic mass is 10.0. The summed E-state index contributed by atoms with van der Waals surface area (Å²) >= 11 is 0. The molecule has 0 radical (unpaired) electrons. The third kappa shape index (κ3) is 4.11. The van der Waals surface area contributed by atoms with E-state index in [1.807, 2.05) is 36.4 Å². The van der Waals surface area contributed by atoms with E-state index in [4.69, 9.17) is 11.5 Å². The molecule has 0 saturated heterocycles. The maximum atomic E-state index is 11.3. The van der Waals surface area contributed by atoms with Crippen molar-refractivity contribution in [1.29, 1.82) is 0 Å². The number of carboxylic acid groups (broad SMARTS) is 1. The Bertz CT molecular complexity index is 664. The molecule has 2 aromatic carbocycles. The summed E-state index contributed by atoms with van der Waals surface area (Å²) < 4.78 is 0. The molecule has 5 N–H and O–H groups in total. The van der Waals surface area contributed by atoms with Crippen LogP contribution in [0.3, 0.4) is 0 Å². The van der Waals surface area contributed by atoms with E-state index in [0.29, 0.717) is 29.8 Å². The van der Waals surface area contributed by atoms with Gasteiger partial charge in [0.05, 0.1) is 0 Å². The summed E-state index contributed by atoms with van der Waals surface area (Å²) in [5.41, 5.74) is 14.9. The second-order valence-electron chi connectivity index (χ2n) is 4.84. The molecule has 21 heavy (non-hydrogen) atoms. The van der Waals surface area contributed by atoms with E-state index in [-0.39, 0.29) is 0 Å². The highest BCUT2D eigenvalue weighted by molar-refractivity contribution is 5.92. The first kappa shape index (κ1) is 14.7. The van der Waals surface area contributed by atoms with E-state index in [2.05, 4.69) is 0 Å². The first-order chi connectivity index (χ1) is 10.1. The van der Waals surface area contributed by atoms with E-state index in [1.54, 1.807) is 18.2 Å². The number of anilines is 2. The van der Waals surface area contributed by atoms with Gasteiger partial charge in [0.15, 0.2) is 0 Å². The lowest BCUT2D eigenvalue weighted by Crippen LogP contribution is -2.04. The lowest BCUT2D eigenvalue weighted by molar-refractivity contribution is -0.132. The van der Waals surface area contributed by atoms with Crippen molar-refractivity contribution in [2.45, 2.75) is 12.8 Å². The molecule has 2 rings (SSSR count). The van der Waals surface area contributed by atoms with Gasteiger partial charge in [0.1, 0.15) is 0 Å². The SMILES string of the molecule is Nc1ccc(CCC(=Cc2ccccc2)C(=O)O)c(N)c1. The van der Waals surface area contributed by atoms with E-state index in [9.17, 15) is 9.90 Å². The van der Waals surface area contributed by atoms with Crippen LogP contribution in [0, 0.1) is 0 Å². The van der Waals surface area contributed by atoms with Crippen molar-refractivity contribution in [3.8, 4) is 0 Å². The van der Waals surface area contributed by atoms with Crippen molar-refractivity contribution in [3.05, 3.63) is 65.2 Å². The highest BCUT2D eigenvalue weighted by Gasteiger charge is 2.09. The third-order valence-corrected chi connectivity index (χ3v) is 3.25.